The molecule has 0 unspecified atom stereocenters. The van der Waals surface area contributed by atoms with Gasteiger partial charge in [-0.05, 0) is 25.8 Å². The van der Waals surface area contributed by atoms with Crippen LogP contribution in [0.4, 0.5) is 5.82 Å². The normalized spacial score (nSPS) is 16.9. The van der Waals surface area contributed by atoms with Crippen LogP contribution in [-0.2, 0) is 0 Å². The Bertz CT molecular complexity index is 475. The molecule has 1 saturated heterocycles. The number of nitrogens with zero attached hydrogens (tertiary/aromatic N) is 2. The molecular formula is C15H26N4O. The minimum absolute atomic E-state index is 0.0510. The molecule has 2 heterocycles. The van der Waals surface area contributed by atoms with E-state index < -0.39 is 0 Å². The molecule has 20 heavy (non-hydrogen) atoms. The van der Waals surface area contributed by atoms with Crippen molar-refractivity contribution < 1.29 is 0 Å². The van der Waals surface area contributed by atoms with Crippen molar-refractivity contribution in [3.63, 3.8) is 0 Å². The van der Waals surface area contributed by atoms with Crippen LogP contribution >= 0.6 is 0 Å². The number of H-pyrrole nitrogens is 1. The molecule has 1 aliphatic heterocycles. The summed E-state index contributed by atoms with van der Waals surface area (Å²) >= 11 is 0. The molecule has 2 N–H and O–H groups in total. The van der Waals surface area contributed by atoms with Crippen LogP contribution in [0.1, 0.15) is 51.8 Å². The number of piperidine rings is 1. The number of nitrogens with one attached hydrogen (secondary N) is 2. The third-order valence-electron chi connectivity index (χ3n) is 3.80. The number of hydrogen-bond donors (Lipinski definition) is 2. The third kappa shape index (κ3) is 3.82. The topological polar surface area (TPSA) is 61.0 Å². The summed E-state index contributed by atoms with van der Waals surface area (Å²) < 4.78 is 0. The van der Waals surface area contributed by atoms with E-state index in [9.17, 15) is 4.79 Å². The number of rotatable bonds is 5. The number of hydrogen-bond acceptors (Lipinski definition) is 4. The van der Waals surface area contributed by atoms with Crippen molar-refractivity contribution in [1.82, 2.24) is 15.3 Å². The van der Waals surface area contributed by atoms with Gasteiger partial charge in [0.15, 0.2) is 0 Å². The van der Waals surface area contributed by atoms with Crippen LogP contribution in [0.3, 0.4) is 0 Å². The molecule has 2 rings (SSSR count). The van der Waals surface area contributed by atoms with Crippen molar-refractivity contribution in [3.8, 4) is 0 Å². The molecule has 1 aromatic heterocycles. The Kier molecular flexibility index (Phi) is 5.17. The van der Waals surface area contributed by atoms with Crippen molar-refractivity contribution in [1.29, 1.82) is 0 Å². The predicted molar refractivity (Wildman–Crippen MR) is 82.5 cm³/mol. The Morgan fingerprint density at radius 1 is 1.45 bits per heavy atom. The van der Waals surface area contributed by atoms with E-state index in [1.807, 2.05) is 13.8 Å². The Morgan fingerprint density at radius 3 is 2.75 bits per heavy atom. The van der Waals surface area contributed by atoms with Crippen LogP contribution in [0.25, 0.3) is 0 Å². The van der Waals surface area contributed by atoms with Crippen LogP contribution in [0.2, 0.25) is 0 Å². The molecule has 0 atom stereocenters. The maximum absolute atomic E-state index is 11.7. The Morgan fingerprint density at radius 2 is 2.15 bits per heavy atom. The van der Waals surface area contributed by atoms with Crippen LogP contribution in [0, 0.1) is 0 Å². The smallest absolute Gasteiger partial charge is 0.252 e. The largest absolute Gasteiger partial charge is 0.356 e. The van der Waals surface area contributed by atoms with E-state index in [0.29, 0.717) is 6.04 Å². The van der Waals surface area contributed by atoms with E-state index in [1.54, 1.807) is 6.07 Å². The summed E-state index contributed by atoms with van der Waals surface area (Å²) in [6.07, 6.45) is 3.41. The first kappa shape index (κ1) is 15.0. The fourth-order valence-corrected chi connectivity index (χ4v) is 2.56. The van der Waals surface area contributed by atoms with Gasteiger partial charge in [0.25, 0.3) is 5.56 Å². The highest BCUT2D eigenvalue weighted by Crippen LogP contribution is 2.18. The van der Waals surface area contributed by atoms with Gasteiger partial charge < -0.3 is 15.2 Å². The van der Waals surface area contributed by atoms with Gasteiger partial charge in [-0.25, -0.2) is 4.98 Å². The van der Waals surface area contributed by atoms with Crippen molar-refractivity contribution in [3.05, 3.63) is 22.2 Å². The molecule has 5 heteroatoms. The highest BCUT2D eigenvalue weighted by Gasteiger charge is 2.20. The van der Waals surface area contributed by atoms with Crippen molar-refractivity contribution in [2.45, 2.75) is 52.0 Å². The molecule has 112 valence electrons. The zero-order chi connectivity index (χ0) is 14.5. The molecule has 0 spiro atoms. The second-order valence-corrected chi connectivity index (χ2v) is 5.86. The highest BCUT2D eigenvalue weighted by atomic mass is 16.1. The van der Waals surface area contributed by atoms with E-state index >= 15 is 0 Å². The Balaban J connectivity index is 2.01. The Hall–Kier alpha value is -1.36. The summed E-state index contributed by atoms with van der Waals surface area (Å²) in [4.78, 5) is 21.4. The lowest BCUT2D eigenvalue weighted by Gasteiger charge is -2.33. The van der Waals surface area contributed by atoms with Gasteiger partial charge in [-0.1, -0.05) is 20.8 Å². The molecule has 0 radical (unpaired) electrons. The molecule has 1 aromatic rings. The predicted octanol–water partition coefficient (Wildman–Crippen LogP) is 1.86. The lowest BCUT2D eigenvalue weighted by atomic mass is 10.0. The first-order valence-electron chi connectivity index (χ1n) is 7.69. The summed E-state index contributed by atoms with van der Waals surface area (Å²) in [6, 6.07) is 2.23. The van der Waals surface area contributed by atoms with Gasteiger partial charge in [-0.15, -0.1) is 0 Å². The van der Waals surface area contributed by atoms with Gasteiger partial charge in [0.2, 0.25) is 0 Å². The van der Waals surface area contributed by atoms with E-state index in [2.05, 4.69) is 27.1 Å². The molecular weight excluding hydrogens is 252 g/mol. The van der Waals surface area contributed by atoms with Crippen LogP contribution < -0.4 is 15.8 Å². The average molecular weight is 278 g/mol. The lowest BCUT2D eigenvalue weighted by molar-refractivity contribution is 0.414. The first-order valence-corrected chi connectivity index (χ1v) is 7.69. The average Bonchev–Trinajstić information content (AvgIpc) is 2.45. The first-order chi connectivity index (χ1) is 9.60. The fraction of sp³-hybridized carbons (Fsp3) is 0.733. The summed E-state index contributed by atoms with van der Waals surface area (Å²) in [5, 5.41) is 3.57. The fourth-order valence-electron chi connectivity index (χ4n) is 2.56. The maximum Gasteiger partial charge on any atom is 0.252 e. The van der Waals surface area contributed by atoms with Crippen LogP contribution in [-0.4, -0.2) is 35.6 Å². The van der Waals surface area contributed by atoms with Crippen molar-refractivity contribution >= 4 is 5.82 Å². The number of aromatic amines is 1. The van der Waals surface area contributed by atoms with E-state index in [-0.39, 0.29) is 11.5 Å². The second kappa shape index (κ2) is 6.88. The van der Waals surface area contributed by atoms with Gasteiger partial charge in [0.1, 0.15) is 11.6 Å². The van der Waals surface area contributed by atoms with E-state index in [1.165, 1.54) is 6.42 Å². The van der Waals surface area contributed by atoms with E-state index in [0.717, 1.165) is 44.1 Å². The van der Waals surface area contributed by atoms with Crippen LogP contribution in [0.15, 0.2) is 10.9 Å². The number of aromatic nitrogens is 2. The quantitative estimate of drug-likeness (QED) is 0.863. The molecule has 0 aliphatic carbocycles. The lowest BCUT2D eigenvalue weighted by Crippen LogP contribution is -2.43. The van der Waals surface area contributed by atoms with Gasteiger partial charge >= 0.3 is 0 Å². The molecule has 1 fully saturated rings. The third-order valence-corrected chi connectivity index (χ3v) is 3.80. The van der Waals surface area contributed by atoms with Crippen LogP contribution in [0.5, 0.6) is 0 Å². The van der Waals surface area contributed by atoms with E-state index in [4.69, 9.17) is 0 Å². The zero-order valence-corrected chi connectivity index (χ0v) is 12.8. The summed E-state index contributed by atoms with van der Waals surface area (Å²) in [5.41, 5.74) is -0.0510. The van der Waals surface area contributed by atoms with Gasteiger partial charge in [-0.2, -0.15) is 0 Å². The molecule has 0 amide bonds. The second-order valence-electron chi connectivity index (χ2n) is 5.86. The molecule has 0 aromatic carbocycles. The molecule has 0 bridgehead atoms. The SMILES string of the molecule is CCCNC1CCN(c2cc(=O)[nH]c(C(C)C)n2)CC1. The number of anilines is 1. The van der Waals surface area contributed by atoms with Crippen molar-refractivity contribution in [2.75, 3.05) is 24.5 Å². The van der Waals surface area contributed by atoms with Gasteiger partial charge in [-0.3, -0.25) is 4.79 Å². The monoisotopic (exact) mass is 278 g/mol. The molecule has 0 saturated carbocycles. The minimum Gasteiger partial charge on any atom is -0.356 e. The maximum atomic E-state index is 11.7. The summed E-state index contributed by atoms with van der Waals surface area (Å²) in [5.74, 6) is 1.84. The molecule has 5 nitrogen and oxygen atoms in total. The minimum atomic E-state index is -0.0510. The van der Waals surface area contributed by atoms with Gasteiger partial charge in [0, 0.05) is 31.1 Å². The highest BCUT2D eigenvalue weighted by molar-refractivity contribution is 5.38. The van der Waals surface area contributed by atoms with Crippen molar-refractivity contribution in [2.24, 2.45) is 0 Å². The standard InChI is InChI=1S/C15H26N4O/c1-4-7-16-12-5-8-19(9-6-12)13-10-14(20)18-15(17-13)11(2)3/h10-12,16H,4-9H2,1-3H3,(H,17,18,20). The molecule has 1 aliphatic rings. The summed E-state index contributed by atoms with van der Waals surface area (Å²) in [6.45, 7) is 9.30. The zero-order valence-electron chi connectivity index (χ0n) is 12.8. The van der Waals surface area contributed by atoms with Gasteiger partial charge in [0.05, 0.1) is 0 Å². The summed E-state index contributed by atoms with van der Waals surface area (Å²) in [7, 11) is 0. The Labute approximate surface area is 120 Å².